The van der Waals surface area contributed by atoms with E-state index in [0.29, 0.717) is 11.1 Å². The summed E-state index contributed by atoms with van der Waals surface area (Å²) in [5.41, 5.74) is 2.93. The maximum absolute atomic E-state index is 11.0. The number of hydrogen-bond acceptors (Lipinski definition) is 2. The van der Waals surface area contributed by atoms with Crippen LogP contribution >= 0.6 is 0 Å². The third-order valence-corrected chi connectivity index (χ3v) is 3.38. The predicted octanol–water partition coefficient (Wildman–Crippen LogP) is 4.19. The van der Waals surface area contributed by atoms with Gasteiger partial charge in [-0.3, -0.25) is 4.79 Å². The molecule has 0 saturated carbocycles. The molecule has 0 radical (unpaired) electrons. The molecule has 0 unspecified atom stereocenters. The Hall–Kier alpha value is -2.92. The fourth-order valence-corrected chi connectivity index (χ4v) is 2.42. The number of fused-ring (bicyclic) bond motifs is 1. The maximum atomic E-state index is 11.0. The van der Waals surface area contributed by atoms with Crippen molar-refractivity contribution in [2.45, 2.75) is 0 Å². The highest BCUT2D eigenvalue weighted by molar-refractivity contribution is 5.98. The van der Waals surface area contributed by atoms with Crippen LogP contribution in [0.2, 0.25) is 0 Å². The third kappa shape index (κ3) is 1.96. The molecule has 0 aromatic heterocycles. The summed E-state index contributed by atoms with van der Waals surface area (Å²) >= 11 is 0. The number of aldehydes is 1. The minimum atomic E-state index is 0.576. The molecule has 0 N–H and O–H groups in total. The van der Waals surface area contributed by atoms with Crippen LogP contribution in [0.1, 0.15) is 15.9 Å². The molecule has 0 amide bonds. The monoisotopic (exact) mass is 257 g/mol. The number of carbonyl (C=O) groups is 1. The van der Waals surface area contributed by atoms with Gasteiger partial charge >= 0.3 is 0 Å². The van der Waals surface area contributed by atoms with Crippen molar-refractivity contribution in [3.63, 3.8) is 0 Å². The summed E-state index contributed by atoms with van der Waals surface area (Å²) in [6.07, 6.45) is 0.801. The van der Waals surface area contributed by atoms with Gasteiger partial charge in [0.1, 0.15) is 6.29 Å². The molecule has 3 aromatic rings. The van der Waals surface area contributed by atoms with E-state index in [1.807, 2.05) is 42.5 Å². The largest absolute Gasteiger partial charge is 0.298 e. The first kappa shape index (κ1) is 12.1. The van der Waals surface area contributed by atoms with Crippen molar-refractivity contribution in [2.75, 3.05) is 0 Å². The van der Waals surface area contributed by atoms with E-state index in [9.17, 15) is 10.1 Å². The van der Waals surface area contributed by atoms with Crippen molar-refractivity contribution in [2.24, 2.45) is 0 Å². The van der Waals surface area contributed by atoms with Crippen LogP contribution in [-0.2, 0) is 0 Å². The molecule has 0 bridgehead atoms. The summed E-state index contributed by atoms with van der Waals surface area (Å²) in [5.74, 6) is 0. The van der Waals surface area contributed by atoms with Crippen LogP contribution < -0.4 is 0 Å². The Morgan fingerprint density at radius 1 is 0.900 bits per heavy atom. The number of carbonyl (C=O) groups excluding carboxylic acids is 1. The van der Waals surface area contributed by atoms with Gasteiger partial charge in [-0.2, -0.15) is 5.26 Å². The van der Waals surface area contributed by atoms with Crippen LogP contribution in [0.4, 0.5) is 0 Å². The van der Waals surface area contributed by atoms with E-state index in [-0.39, 0.29) is 0 Å². The molecular weight excluding hydrogens is 246 g/mol. The molecule has 3 aromatic carbocycles. The van der Waals surface area contributed by atoms with E-state index in [4.69, 9.17) is 0 Å². The zero-order valence-electron chi connectivity index (χ0n) is 10.7. The molecule has 0 saturated heterocycles. The van der Waals surface area contributed by atoms with E-state index in [1.54, 1.807) is 18.2 Å². The zero-order chi connectivity index (χ0) is 13.9. The summed E-state index contributed by atoms with van der Waals surface area (Å²) in [7, 11) is 0. The highest BCUT2D eigenvalue weighted by Gasteiger charge is 2.09. The van der Waals surface area contributed by atoms with E-state index >= 15 is 0 Å². The molecule has 0 atom stereocenters. The van der Waals surface area contributed by atoms with Crippen molar-refractivity contribution in [3.05, 3.63) is 71.8 Å². The maximum Gasteiger partial charge on any atom is 0.150 e. The van der Waals surface area contributed by atoms with Crippen molar-refractivity contribution >= 4 is 17.1 Å². The van der Waals surface area contributed by atoms with Gasteiger partial charge in [0.15, 0.2) is 0 Å². The Labute approximate surface area is 116 Å². The second-order valence-corrected chi connectivity index (χ2v) is 4.56. The summed E-state index contributed by atoms with van der Waals surface area (Å²) in [5, 5.41) is 11.5. The number of nitriles is 1. The minimum absolute atomic E-state index is 0.576. The molecule has 0 fully saturated rings. The molecule has 0 heterocycles. The van der Waals surface area contributed by atoms with Crippen LogP contribution in [0.15, 0.2) is 60.7 Å². The third-order valence-electron chi connectivity index (χ3n) is 3.38. The Morgan fingerprint density at radius 3 is 2.50 bits per heavy atom. The van der Waals surface area contributed by atoms with Crippen molar-refractivity contribution in [3.8, 4) is 17.2 Å². The lowest BCUT2D eigenvalue weighted by Crippen LogP contribution is -1.89. The minimum Gasteiger partial charge on any atom is -0.298 e. The molecule has 94 valence electrons. The number of benzene rings is 3. The van der Waals surface area contributed by atoms with E-state index < -0.39 is 0 Å². The first-order valence-corrected chi connectivity index (χ1v) is 6.31. The Kier molecular flexibility index (Phi) is 3.02. The summed E-state index contributed by atoms with van der Waals surface area (Å²) in [4.78, 5) is 11.0. The molecule has 20 heavy (non-hydrogen) atoms. The molecule has 0 spiro atoms. The fraction of sp³-hybridized carbons (Fsp3) is 0. The number of rotatable bonds is 2. The Balaban J connectivity index is 2.36. The molecular formula is C18H11NO. The van der Waals surface area contributed by atoms with Crippen molar-refractivity contribution < 1.29 is 4.79 Å². The smallest absolute Gasteiger partial charge is 0.150 e. The number of nitrogens with zero attached hydrogens (tertiary/aromatic N) is 1. The topological polar surface area (TPSA) is 40.9 Å². The first-order valence-electron chi connectivity index (χ1n) is 6.31. The molecule has 3 rings (SSSR count). The van der Waals surface area contributed by atoms with Gasteiger partial charge in [-0.25, -0.2) is 0 Å². The molecule has 2 heteroatoms. The SMILES string of the molecule is N#Cc1ccc(C=O)cc1-c1cccc2ccccc12. The van der Waals surface area contributed by atoms with Crippen LogP contribution in [0.3, 0.4) is 0 Å². The summed E-state index contributed by atoms with van der Waals surface area (Å²) in [6, 6.07) is 21.3. The normalized spacial score (nSPS) is 10.2. The highest BCUT2D eigenvalue weighted by Crippen LogP contribution is 2.31. The van der Waals surface area contributed by atoms with Gasteiger partial charge < -0.3 is 0 Å². The lowest BCUT2D eigenvalue weighted by atomic mass is 9.94. The number of hydrogen-bond donors (Lipinski definition) is 0. The second kappa shape index (κ2) is 4.99. The lowest BCUT2D eigenvalue weighted by molar-refractivity contribution is 0.112. The van der Waals surface area contributed by atoms with Crippen LogP contribution in [0.5, 0.6) is 0 Å². The molecule has 0 aliphatic rings. The van der Waals surface area contributed by atoms with Crippen LogP contribution in [0.25, 0.3) is 21.9 Å². The van der Waals surface area contributed by atoms with Gasteiger partial charge in [-0.05, 0) is 28.5 Å². The van der Waals surface area contributed by atoms with Gasteiger partial charge in [0.25, 0.3) is 0 Å². The molecule has 0 aliphatic carbocycles. The van der Waals surface area contributed by atoms with Crippen LogP contribution in [0, 0.1) is 11.3 Å². The van der Waals surface area contributed by atoms with Crippen molar-refractivity contribution in [1.82, 2.24) is 0 Å². The standard InChI is InChI=1S/C18H11NO/c19-11-15-9-8-13(12-20)10-18(15)17-7-3-5-14-4-1-2-6-16(14)17/h1-10,12H. The Morgan fingerprint density at radius 2 is 1.70 bits per heavy atom. The first-order chi connectivity index (χ1) is 9.83. The summed E-state index contributed by atoms with van der Waals surface area (Å²) < 4.78 is 0. The lowest BCUT2D eigenvalue weighted by Gasteiger charge is -2.09. The van der Waals surface area contributed by atoms with Gasteiger partial charge in [-0.15, -0.1) is 0 Å². The van der Waals surface area contributed by atoms with Gasteiger partial charge in [0.05, 0.1) is 11.6 Å². The van der Waals surface area contributed by atoms with E-state index in [2.05, 4.69) is 6.07 Å². The van der Waals surface area contributed by atoms with Gasteiger partial charge in [0, 0.05) is 11.1 Å². The Bertz CT molecular complexity index is 838. The van der Waals surface area contributed by atoms with Gasteiger partial charge in [0.2, 0.25) is 0 Å². The fourth-order valence-electron chi connectivity index (χ4n) is 2.42. The van der Waals surface area contributed by atoms with Crippen molar-refractivity contribution in [1.29, 1.82) is 5.26 Å². The second-order valence-electron chi connectivity index (χ2n) is 4.56. The average molecular weight is 257 g/mol. The highest BCUT2D eigenvalue weighted by atomic mass is 16.1. The molecule has 0 aliphatic heterocycles. The van der Waals surface area contributed by atoms with Gasteiger partial charge in [-0.1, -0.05) is 48.5 Å². The quantitative estimate of drug-likeness (QED) is 0.646. The van der Waals surface area contributed by atoms with Crippen LogP contribution in [-0.4, -0.2) is 6.29 Å². The van der Waals surface area contributed by atoms with E-state index in [0.717, 1.165) is 28.2 Å². The zero-order valence-corrected chi connectivity index (χ0v) is 10.7. The average Bonchev–Trinajstić information content (AvgIpc) is 2.53. The predicted molar refractivity (Wildman–Crippen MR) is 79.5 cm³/mol. The molecule has 2 nitrogen and oxygen atoms in total. The summed E-state index contributed by atoms with van der Waals surface area (Å²) in [6.45, 7) is 0. The van der Waals surface area contributed by atoms with E-state index in [1.165, 1.54) is 0 Å².